The first-order valence-corrected chi connectivity index (χ1v) is 12.5. The Morgan fingerprint density at radius 2 is 1.03 bits per heavy atom. The molecule has 1 atom stereocenters. The van der Waals surface area contributed by atoms with E-state index in [1.54, 1.807) is 0 Å². The van der Waals surface area contributed by atoms with Gasteiger partial charge in [-0.25, -0.2) is 0 Å². The van der Waals surface area contributed by atoms with Gasteiger partial charge in [0.25, 0.3) is 0 Å². The Bertz CT molecular complexity index is 457. The Labute approximate surface area is 189 Å². The second-order valence-corrected chi connectivity index (χ2v) is 9.54. The molecule has 0 aliphatic rings. The van der Waals surface area contributed by atoms with E-state index in [2.05, 4.69) is 58.3 Å². The van der Waals surface area contributed by atoms with Crippen LogP contribution in [0.1, 0.15) is 116 Å². The van der Waals surface area contributed by atoms with E-state index in [0.29, 0.717) is 0 Å². The highest BCUT2D eigenvalue weighted by Gasteiger charge is 2.27. The molecule has 0 aromatic heterocycles. The Hall–Kier alpha value is -0.530. The lowest BCUT2D eigenvalue weighted by Gasteiger charge is -2.39. The van der Waals surface area contributed by atoms with Crippen LogP contribution in [0, 0.1) is 0 Å². The summed E-state index contributed by atoms with van der Waals surface area (Å²) in [6.45, 7) is 5.78. The van der Waals surface area contributed by atoms with Crippen LogP contribution in [-0.4, -0.2) is 24.6 Å². The van der Waals surface area contributed by atoms with Gasteiger partial charge in [-0.05, 0) is 25.7 Å². The van der Waals surface area contributed by atoms with Gasteiger partial charge >= 0.3 is 0 Å². The van der Waals surface area contributed by atoms with Crippen molar-refractivity contribution in [2.24, 2.45) is 0 Å². The molecule has 0 aliphatic carbocycles. The fourth-order valence-corrected chi connectivity index (χ4v) is 4.52. The van der Waals surface area contributed by atoms with Gasteiger partial charge in [0.15, 0.2) is 0 Å². The smallest absolute Gasteiger partial charge is 0.104 e. The van der Waals surface area contributed by atoms with Crippen LogP contribution in [0.15, 0.2) is 30.3 Å². The van der Waals surface area contributed by atoms with E-state index in [-0.39, 0.29) is 12.4 Å². The standard InChI is InChI=1S/C27H50N.ClH/c1-5-7-9-11-13-15-20-24-27(23-19-14-12-10-8-6-2)28(3,4)25-26-21-17-16-18-22-26;/h16-18,21-22,27H,5-15,19-20,23-25H2,1-4H3;1H/q+1;/p-1. The fourth-order valence-electron chi connectivity index (χ4n) is 4.52. The highest BCUT2D eigenvalue weighted by molar-refractivity contribution is 5.13. The quantitative estimate of drug-likeness (QED) is 0.215. The topological polar surface area (TPSA) is 0 Å². The summed E-state index contributed by atoms with van der Waals surface area (Å²) < 4.78 is 1.15. The second-order valence-electron chi connectivity index (χ2n) is 9.54. The highest BCUT2D eigenvalue weighted by Crippen LogP contribution is 2.24. The van der Waals surface area contributed by atoms with Crippen LogP contribution in [0.25, 0.3) is 0 Å². The minimum atomic E-state index is 0. The van der Waals surface area contributed by atoms with Crippen molar-refractivity contribution in [1.82, 2.24) is 0 Å². The van der Waals surface area contributed by atoms with Crippen molar-refractivity contribution in [3.63, 3.8) is 0 Å². The Kier molecular flexibility index (Phi) is 17.9. The first kappa shape index (κ1) is 28.5. The zero-order valence-corrected chi connectivity index (χ0v) is 20.9. The molecule has 0 spiro atoms. The van der Waals surface area contributed by atoms with Gasteiger partial charge in [0.1, 0.15) is 6.54 Å². The average molecular weight is 424 g/mol. The van der Waals surface area contributed by atoms with Crippen LogP contribution in [0.4, 0.5) is 0 Å². The Morgan fingerprint density at radius 1 is 0.621 bits per heavy atom. The fraction of sp³-hybridized carbons (Fsp3) is 0.778. The molecule has 1 nitrogen and oxygen atoms in total. The first-order valence-electron chi connectivity index (χ1n) is 12.5. The summed E-state index contributed by atoms with van der Waals surface area (Å²) in [7, 11) is 4.94. The highest BCUT2D eigenvalue weighted by atomic mass is 35.5. The van der Waals surface area contributed by atoms with E-state index in [0.717, 1.165) is 17.1 Å². The van der Waals surface area contributed by atoms with Crippen LogP contribution < -0.4 is 12.4 Å². The lowest BCUT2D eigenvalue weighted by molar-refractivity contribution is -0.928. The third-order valence-electron chi connectivity index (χ3n) is 6.45. The largest absolute Gasteiger partial charge is 1.00 e. The minimum Gasteiger partial charge on any atom is -1.00 e. The number of unbranched alkanes of at least 4 members (excludes halogenated alkanes) is 11. The molecule has 0 saturated heterocycles. The normalized spacial score (nSPS) is 12.6. The van der Waals surface area contributed by atoms with E-state index in [4.69, 9.17) is 0 Å². The van der Waals surface area contributed by atoms with Gasteiger partial charge in [0.2, 0.25) is 0 Å². The van der Waals surface area contributed by atoms with E-state index >= 15 is 0 Å². The number of quaternary nitrogens is 1. The minimum absolute atomic E-state index is 0. The molecule has 0 N–H and O–H groups in total. The van der Waals surface area contributed by atoms with E-state index in [9.17, 15) is 0 Å². The van der Waals surface area contributed by atoms with Gasteiger partial charge in [-0.15, -0.1) is 0 Å². The molecule has 0 heterocycles. The summed E-state index contributed by atoms with van der Waals surface area (Å²) in [6, 6.07) is 11.9. The third kappa shape index (κ3) is 14.2. The molecule has 0 saturated carbocycles. The van der Waals surface area contributed by atoms with Gasteiger partial charge in [-0.1, -0.05) is 115 Å². The number of benzene rings is 1. The molecule has 0 amide bonds. The molecule has 0 bridgehead atoms. The van der Waals surface area contributed by atoms with Crippen molar-refractivity contribution in [1.29, 1.82) is 0 Å². The van der Waals surface area contributed by atoms with E-state index < -0.39 is 0 Å². The molecule has 29 heavy (non-hydrogen) atoms. The van der Waals surface area contributed by atoms with Crippen molar-refractivity contribution in [2.75, 3.05) is 14.1 Å². The van der Waals surface area contributed by atoms with Gasteiger partial charge in [-0.3, -0.25) is 0 Å². The monoisotopic (exact) mass is 423 g/mol. The second kappa shape index (κ2) is 18.3. The number of hydrogen-bond donors (Lipinski definition) is 0. The SMILES string of the molecule is CCCCCCCCCC(CCCCCCCC)[N+](C)(C)Cc1ccccc1.[Cl-]. The van der Waals surface area contributed by atoms with Crippen molar-refractivity contribution in [3.8, 4) is 0 Å². The maximum absolute atomic E-state index is 2.47. The first-order chi connectivity index (χ1) is 13.6. The van der Waals surface area contributed by atoms with Crippen LogP contribution in [-0.2, 0) is 6.54 Å². The molecule has 1 unspecified atom stereocenters. The molecular weight excluding hydrogens is 374 g/mol. The average Bonchev–Trinajstić information content (AvgIpc) is 2.68. The molecule has 0 aliphatic heterocycles. The molecule has 1 aromatic rings. The number of halogens is 1. The maximum Gasteiger partial charge on any atom is 0.104 e. The van der Waals surface area contributed by atoms with Gasteiger partial charge in [-0.2, -0.15) is 0 Å². The molecular formula is C27H50ClN. The van der Waals surface area contributed by atoms with E-state index in [1.807, 2.05) is 0 Å². The zero-order chi connectivity index (χ0) is 20.5. The molecule has 170 valence electrons. The molecule has 2 heteroatoms. The third-order valence-corrected chi connectivity index (χ3v) is 6.45. The Morgan fingerprint density at radius 3 is 1.48 bits per heavy atom. The van der Waals surface area contributed by atoms with Crippen LogP contribution in [0.2, 0.25) is 0 Å². The predicted octanol–water partition coefficient (Wildman–Crippen LogP) is 5.53. The van der Waals surface area contributed by atoms with Crippen molar-refractivity contribution < 1.29 is 16.9 Å². The summed E-state index contributed by atoms with van der Waals surface area (Å²) >= 11 is 0. The van der Waals surface area contributed by atoms with Gasteiger partial charge in [0.05, 0.1) is 20.1 Å². The summed E-state index contributed by atoms with van der Waals surface area (Å²) in [6.07, 6.45) is 21.2. The molecule has 1 aromatic carbocycles. The summed E-state index contributed by atoms with van der Waals surface area (Å²) in [5.41, 5.74) is 1.49. The summed E-state index contributed by atoms with van der Waals surface area (Å²) in [4.78, 5) is 0. The van der Waals surface area contributed by atoms with Gasteiger partial charge < -0.3 is 16.9 Å². The van der Waals surface area contributed by atoms with Crippen molar-refractivity contribution in [3.05, 3.63) is 35.9 Å². The van der Waals surface area contributed by atoms with Crippen LogP contribution >= 0.6 is 0 Å². The molecule has 0 radical (unpaired) electrons. The lowest BCUT2D eigenvalue weighted by atomic mass is 9.97. The van der Waals surface area contributed by atoms with E-state index in [1.165, 1.54) is 102 Å². The summed E-state index contributed by atoms with van der Waals surface area (Å²) in [5.74, 6) is 0. The number of hydrogen-bond acceptors (Lipinski definition) is 0. The van der Waals surface area contributed by atoms with Crippen molar-refractivity contribution in [2.45, 2.75) is 123 Å². The summed E-state index contributed by atoms with van der Waals surface area (Å²) in [5, 5.41) is 0. The predicted molar refractivity (Wildman–Crippen MR) is 127 cm³/mol. The van der Waals surface area contributed by atoms with Crippen LogP contribution in [0.5, 0.6) is 0 Å². The lowest BCUT2D eigenvalue weighted by Crippen LogP contribution is -3.00. The number of nitrogens with zero attached hydrogens (tertiary/aromatic N) is 1. The van der Waals surface area contributed by atoms with Crippen LogP contribution in [0.3, 0.4) is 0 Å². The maximum atomic E-state index is 2.47. The Balaban J connectivity index is 0.00000784. The number of rotatable bonds is 18. The molecule has 0 fully saturated rings. The van der Waals surface area contributed by atoms with Gasteiger partial charge in [0, 0.05) is 5.56 Å². The zero-order valence-electron chi connectivity index (χ0n) is 20.1. The molecule has 1 rings (SSSR count). The van der Waals surface area contributed by atoms with Crippen molar-refractivity contribution >= 4 is 0 Å².